The SMILES string of the molecule is CC(=O)c1cc([N+](=O)[O-])c(OCc2ccccc2)cc1F. The fraction of sp³-hybridized carbons (Fsp3) is 0.133. The molecule has 6 heteroatoms. The molecule has 0 bridgehead atoms. The highest BCUT2D eigenvalue weighted by Gasteiger charge is 2.21. The quantitative estimate of drug-likeness (QED) is 0.480. The van der Waals surface area contributed by atoms with E-state index in [1.165, 1.54) is 0 Å². The molecule has 0 saturated heterocycles. The first-order valence-electron chi connectivity index (χ1n) is 6.14. The summed E-state index contributed by atoms with van der Waals surface area (Å²) in [4.78, 5) is 21.5. The Kier molecular flexibility index (Phi) is 4.27. The molecular formula is C15H12FNO4. The fourth-order valence-corrected chi connectivity index (χ4v) is 1.81. The van der Waals surface area contributed by atoms with Gasteiger partial charge in [-0.3, -0.25) is 14.9 Å². The molecule has 0 amide bonds. The van der Waals surface area contributed by atoms with Crippen molar-refractivity contribution in [3.8, 4) is 5.75 Å². The van der Waals surface area contributed by atoms with E-state index in [0.29, 0.717) is 0 Å². The molecule has 0 aliphatic carbocycles. The number of Topliss-reactive ketones (excluding diaryl/α,β-unsaturated/α-hetero) is 1. The van der Waals surface area contributed by atoms with Gasteiger partial charge in [-0.25, -0.2) is 4.39 Å². The molecule has 5 nitrogen and oxygen atoms in total. The van der Waals surface area contributed by atoms with Gasteiger partial charge in [0.25, 0.3) is 0 Å². The van der Waals surface area contributed by atoms with E-state index >= 15 is 0 Å². The average molecular weight is 289 g/mol. The van der Waals surface area contributed by atoms with Crippen LogP contribution >= 0.6 is 0 Å². The van der Waals surface area contributed by atoms with E-state index in [0.717, 1.165) is 24.6 Å². The summed E-state index contributed by atoms with van der Waals surface area (Å²) < 4.78 is 19.1. The monoisotopic (exact) mass is 289 g/mol. The summed E-state index contributed by atoms with van der Waals surface area (Å²) >= 11 is 0. The van der Waals surface area contributed by atoms with Crippen molar-refractivity contribution >= 4 is 11.5 Å². The van der Waals surface area contributed by atoms with E-state index in [4.69, 9.17) is 4.74 Å². The topological polar surface area (TPSA) is 69.4 Å². The minimum absolute atomic E-state index is 0.0700. The van der Waals surface area contributed by atoms with E-state index in [9.17, 15) is 19.3 Å². The normalized spacial score (nSPS) is 10.2. The van der Waals surface area contributed by atoms with Crippen molar-refractivity contribution in [1.29, 1.82) is 0 Å². The highest BCUT2D eigenvalue weighted by atomic mass is 19.1. The Morgan fingerprint density at radius 2 is 1.95 bits per heavy atom. The second kappa shape index (κ2) is 6.13. The number of carbonyl (C=O) groups is 1. The summed E-state index contributed by atoms with van der Waals surface area (Å²) in [7, 11) is 0. The maximum absolute atomic E-state index is 13.7. The lowest BCUT2D eigenvalue weighted by Gasteiger charge is -2.08. The lowest BCUT2D eigenvalue weighted by atomic mass is 10.1. The lowest BCUT2D eigenvalue weighted by molar-refractivity contribution is -0.386. The van der Waals surface area contributed by atoms with Crippen LogP contribution in [0, 0.1) is 15.9 Å². The molecule has 0 aromatic heterocycles. The van der Waals surface area contributed by atoms with Gasteiger partial charge in [0.15, 0.2) is 11.5 Å². The van der Waals surface area contributed by atoms with Crippen LogP contribution in [-0.2, 0) is 6.61 Å². The molecule has 0 heterocycles. The summed E-state index contributed by atoms with van der Waals surface area (Å²) in [5.41, 5.74) is 0.0362. The van der Waals surface area contributed by atoms with E-state index in [-0.39, 0.29) is 17.9 Å². The molecule has 0 aliphatic heterocycles. The highest BCUT2D eigenvalue weighted by Crippen LogP contribution is 2.31. The molecule has 0 aliphatic rings. The molecule has 21 heavy (non-hydrogen) atoms. The first-order valence-corrected chi connectivity index (χ1v) is 6.14. The first-order chi connectivity index (χ1) is 9.99. The van der Waals surface area contributed by atoms with E-state index in [1.54, 1.807) is 24.3 Å². The van der Waals surface area contributed by atoms with Crippen LogP contribution in [0.25, 0.3) is 0 Å². The summed E-state index contributed by atoms with van der Waals surface area (Å²) in [6.07, 6.45) is 0. The summed E-state index contributed by atoms with van der Waals surface area (Å²) in [6.45, 7) is 1.22. The molecule has 0 unspecified atom stereocenters. The molecule has 0 saturated carbocycles. The van der Waals surface area contributed by atoms with Gasteiger partial charge in [-0.2, -0.15) is 0 Å². The van der Waals surface area contributed by atoms with Crippen LogP contribution in [0.5, 0.6) is 5.75 Å². The third kappa shape index (κ3) is 3.42. The number of nitro benzene ring substituents is 1. The molecule has 0 fully saturated rings. The molecule has 2 aromatic carbocycles. The zero-order chi connectivity index (χ0) is 15.4. The summed E-state index contributed by atoms with van der Waals surface area (Å²) in [6, 6.07) is 10.8. The predicted octanol–water partition coefficient (Wildman–Crippen LogP) is 3.52. The van der Waals surface area contributed by atoms with E-state index in [1.807, 2.05) is 6.07 Å². The van der Waals surface area contributed by atoms with Crippen molar-refractivity contribution in [1.82, 2.24) is 0 Å². The number of nitrogens with zero attached hydrogens (tertiary/aromatic N) is 1. The first kappa shape index (κ1) is 14.6. The Labute approximate surface area is 120 Å². The smallest absolute Gasteiger partial charge is 0.311 e. The molecule has 0 atom stereocenters. The Morgan fingerprint density at radius 3 is 2.52 bits per heavy atom. The number of hydrogen-bond acceptors (Lipinski definition) is 4. The van der Waals surface area contributed by atoms with Crippen LogP contribution in [0.15, 0.2) is 42.5 Å². The number of nitro groups is 1. The van der Waals surface area contributed by atoms with Crippen molar-refractivity contribution in [2.45, 2.75) is 13.5 Å². The Balaban J connectivity index is 2.32. The minimum atomic E-state index is -0.837. The van der Waals surface area contributed by atoms with Gasteiger partial charge >= 0.3 is 5.69 Å². The van der Waals surface area contributed by atoms with Crippen molar-refractivity contribution < 1.29 is 18.8 Å². The van der Waals surface area contributed by atoms with Crippen LogP contribution in [0.3, 0.4) is 0 Å². The van der Waals surface area contributed by atoms with Crippen molar-refractivity contribution in [3.05, 3.63) is 69.5 Å². The minimum Gasteiger partial charge on any atom is -0.482 e. The van der Waals surface area contributed by atoms with Gasteiger partial charge < -0.3 is 4.74 Å². The van der Waals surface area contributed by atoms with Crippen LogP contribution in [0.1, 0.15) is 22.8 Å². The van der Waals surface area contributed by atoms with Crippen LogP contribution in [0.2, 0.25) is 0 Å². The number of ether oxygens (including phenoxy) is 1. The van der Waals surface area contributed by atoms with Crippen molar-refractivity contribution in [2.24, 2.45) is 0 Å². The highest BCUT2D eigenvalue weighted by molar-refractivity contribution is 5.95. The number of carbonyl (C=O) groups excluding carboxylic acids is 1. The predicted molar refractivity (Wildman–Crippen MR) is 73.8 cm³/mol. The second-order valence-corrected chi connectivity index (χ2v) is 4.39. The largest absolute Gasteiger partial charge is 0.482 e. The van der Waals surface area contributed by atoms with Crippen molar-refractivity contribution in [2.75, 3.05) is 0 Å². The molecular weight excluding hydrogens is 277 g/mol. The fourth-order valence-electron chi connectivity index (χ4n) is 1.81. The average Bonchev–Trinajstić information content (AvgIpc) is 2.45. The Morgan fingerprint density at radius 1 is 1.29 bits per heavy atom. The number of halogens is 1. The molecule has 108 valence electrons. The molecule has 0 spiro atoms. The standard InChI is InChI=1S/C15H12FNO4/c1-10(18)12-7-14(17(19)20)15(8-13(12)16)21-9-11-5-3-2-4-6-11/h2-8H,9H2,1H3. The van der Waals surface area contributed by atoms with Crippen LogP contribution in [0.4, 0.5) is 10.1 Å². The van der Waals surface area contributed by atoms with Gasteiger partial charge in [-0.1, -0.05) is 30.3 Å². The van der Waals surface area contributed by atoms with Gasteiger partial charge in [-0.15, -0.1) is 0 Å². The zero-order valence-corrected chi connectivity index (χ0v) is 11.2. The van der Waals surface area contributed by atoms with E-state index < -0.39 is 22.2 Å². The third-order valence-corrected chi connectivity index (χ3v) is 2.86. The lowest BCUT2D eigenvalue weighted by Crippen LogP contribution is -2.04. The maximum Gasteiger partial charge on any atom is 0.311 e. The van der Waals surface area contributed by atoms with Gasteiger partial charge in [0, 0.05) is 12.1 Å². The summed E-state index contributed by atoms with van der Waals surface area (Å²) in [5, 5.41) is 11.0. The van der Waals surface area contributed by atoms with Gasteiger partial charge in [-0.05, 0) is 12.5 Å². The zero-order valence-electron chi connectivity index (χ0n) is 11.2. The van der Waals surface area contributed by atoms with Crippen LogP contribution < -0.4 is 4.74 Å². The number of ketones is 1. The molecule has 0 N–H and O–H groups in total. The van der Waals surface area contributed by atoms with E-state index in [2.05, 4.69) is 0 Å². The number of benzene rings is 2. The molecule has 0 radical (unpaired) electrons. The Hall–Kier alpha value is -2.76. The van der Waals surface area contributed by atoms with Gasteiger partial charge in [0.1, 0.15) is 12.4 Å². The number of rotatable bonds is 5. The second-order valence-electron chi connectivity index (χ2n) is 4.39. The van der Waals surface area contributed by atoms with Crippen molar-refractivity contribution in [3.63, 3.8) is 0 Å². The maximum atomic E-state index is 13.7. The van der Waals surface area contributed by atoms with Crippen LogP contribution in [-0.4, -0.2) is 10.7 Å². The van der Waals surface area contributed by atoms with Gasteiger partial charge in [0.05, 0.1) is 10.5 Å². The Bertz CT molecular complexity index is 686. The van der Waals surface area contributed by atoms with Gasteiger partial charge in [0.2, 0.25) is 0 Å². The number of hydrogen-bond donors (Lipinski definition) is 0. The molecule has 2 aromatic rings. The third-order valence-electron chi connectivity index (χ3n) is 2.86. The summed E-state index contributed by atoms with van der Waals surface area (Å²) in [5.74, 6) is -1.62. The molecule has 2 rings (SSSR count).